The average Bonchev–Trinajstić information content (AvgIpc) is 2.24. The first kappa shape index (κ1) is 15.0. The Morgan fingerprint density at radius 3 is 1.93 bits per heavy atom. The summed E-state index contributed by atoms with van der Waals surface area (Å²) in [6.45, 7) is 9.41. The van der Waals surface area contributed by atoms with E-state index >= 15 is 0 Å². The molecule has 1 aromatic rings. The van der Waals surface area contributed by atoms with Crippen LogP contribution in [0.15, 0.2) is 18.5 Å². The second kappa shape index (κ2) is 11.6. The van der Waals surface area contributed by atoms with Gasteiger partial charge in [-0.1, -0.05) is 27.7 Å². The first-order valence-corrected chi connectivity index (χ1v) is 4.83. The van der Waals surface area contributed by atoms with E-state index in [0.29, 0.717) is 5.95 Å². The molecule has 0 aliphatic heterocycles. The topological polar surface area (TPSA) is 54.9 Å². The molecule has 0 saturated heterocycles. The number of amides is 1. The van der Waals surface area contributed by atoms with Gasteiger partial charge in [0.1, 0.15) is 0 Å². The lowest BCUT2D eigenvalue weighted by atomic mass is 10.6. The van der Waals surface area contributed by atoms with Gasteiger partial charge < -0.3 is 0 Å². The molecule has 0 bridgehead atoms. The Balaban J connectivity index is 0. The van der Waals surface area contributed by atoms with Gasteiger partial charge in [0.05, 0.1) is 0 Å². The predicted octanol–water partition coefficient (Wildman–Crippen LogP) is 2.49. The molecule has 0 aliphatic rings. The van der Waals surface area contributed by atoms with Crippen LogP contribution in [0.3, 0.4) is 0 Å². The van der Waals surface area contributed by atoms with Crippen LogP contribution in [0.25, 0.3) is 0 Å². The van der Waals surface area contributed by atoms with Crippen molar-refractivity contribution in [3.05, 3.63) is 18.5 Å². The van der Waals surface area contributed by atoms with E-state index in [0.717, 1.165) is 0 Å². The highest BCUT2D eigenvalue weighted by Gasteiger charge is 1.93. The lowest BCUT2D eigenvalue weighted by molar-refractivity contribution is -0.114. The van der Waals surface area contributed by atoms with Crippen LogP contribution in [0.1, 0.15) is 34.6 Å². The molecule has 0 aromatic carbocycles. The summed E-state index contributed by atoms with van der Waals surface area (Å²) in [5.41, 5.74) is 0. The Labute approximate surface area is 85.8 Å². The van der Waals surface area contributed by atoms with Crippen molar-refractivity contribution in [3.63, 3.8) is 0 Å². The SMILES string of the molecule is CC.CC.CC(=O)Nc1ncccn1. The van der Waals surface area contributed by atoms with Crippen molar-refractivity contribution < 1.29 is 4.79 Å². The number of carbonyl (C=O) groups is 1. The second-order valence-corrected chi connectivity index (χ2v) is 1.75. The predicted molar refractivity (Wildman–Crippen MR) is 59.0 cm³/mol. The minimum atomic E-state index is -0.161. The normalized spacial score (nSPS) is 7.21. The number of nitrogens with one attached hydrogen (secondary N) is 1. The minimum Gasteiger partial charge on any atom is -0.295 e. The van der Waals surface area contributed by atoms with E-state index in [9.17, 15) is 4.79 Å². The van der Waals surface area contributed by atoms with Crippen LogP contribution < -0.4 is 5.32 Å². The van der Waals surface area contributed by atoms with Gasteiger partial charge in [0.2, 0.25) is 11.9 Å². The summed E-state index contributed by atoms with van der Waals surface area (Å²) in [6, 6.07) is 1.69. The van der Waals surface area contributed by atoms with Gasteiger partial charge in [-0.2, -0.15) is 0 Å². The maximum Gasteiger partial charge on any atom is 0.229 e. The van der Waals surface area contributed by atoms with E-state index in [-0.39, 0.29) is 5.91 Å². The fraction of sp³-hybridized carbons (Fsp3) is 0.500. The van der Waals surface area contributed by atoms with Crippen molar-refractivity contribution in [1.29, 1.82) is 0 Å². The van der Waals surface area contributed by atoms with E-state index in [2.05, 4.69) is 15.3 Å². The molecule has 1 heterocycles. The molecule has 0 fully saturated rings. The number of hydrogen-bond acceptors (Lipinski definition) is 3. The molecule has 0 spiro atoms. The van der Waals surface area contributed by atoms with Crippen molar-refractivity contribution in [2.75, 3.05) is 5.32 Å². The van der Waals surface area contributed by atoms with Crippen molar-refractivity contribution in [1.82, 2.24) is 9.97 Å². The highest BCUT2D eigenvalue weighted by atomic mass is 16.1. The Morgan fingerprint density at radius 2 is 1.57 bits per heavy atom. The molecule has 1 amide bonds. The zero-order valence-corrected chi connectivity index (χ0v) is 9.53. The Morgan fingerprint density at radius 1 is 1.14 bits per heavy atom. The van der Waals surface area contributed by atoms with Crippen LogP contribution >= 0.6 is 0 Å². The van der Waals surface area contributed by atoms with Crippen molar-refractivity contribution >= 4 is 11.9 Å². The molecule has 80 valence electrons. The molecule has 0 unspecified atom stereocenters. The summed E-state index contributed by atoms with van der Waals surface area (Å²) in [6.07, 6.45) is 3.14. The molecule has 14 heavy (non-hydrogen) atoms. The molecular weight excluding hydrogens is 178 g/mol. The molecule has 0 saturated carbocycles. The van der Waals surface area contributed by atoms with Gasteiger partial charge in [0.15, 0.2) is 0 Å². The zero-order valence-electron chi connectivity index (χ0n) is 9.53. The van der Waals surface area contributed by atoms with Crippen LogP contribution in [-0.4, -0.2) is 15.9 Å². The molecule has 1 aromatic heterocycles. The molecule has 4 heteroatoms. The molecule has 4 nitrogen and oxygen atoms in total. The van der Waals surface area contributed by atoms with Crippen LogP contribution in [0, 0.1) is 0 Å². The van der Waals surface area contributed by atoms with Crippen molar-refractivity contribution in [3.8, 4) is 0 Å². The summed E-state index contributed by atoms with van der Waals surface area (Å²) < 4.78 is 0. The van der Waals surface area contributed by atoms with Crippen molar-refractivity contribution in [2.24, 2.45) is 0 Å². The van der Waals surface area contributed by atoms with Gasteiger partial charge in [0.25, 0.3) is 0 Å². The van der Waals surface area contributed by atoms with Crippen LogP contribution in [0.5, 0.6) is 0 Å². The summed E-state index contributed by atoms with van der Waals surface area (Å²) in [4.78, 5) is 18.0. The third-order valence-corrected chi connectivity index (χ3v) is 0.854. The molecule has 0 radical (unpaired) electrons. The van der Waals surface area contributed by atoms with E-state index in [4.69, 9.17) is 0 Å². The van der Waals surface area contributed by atoms with Gasteiger partial charge in [-0.3, -0.25) is 10.1 Å². The summed E-state index contributed by atoms with van der Waals surface area (Å²) in [5, 5.41) is 2.44. The number of aromatic nitrogens is 2. The summed E-state index contributed by atoms with van der Waals surface area (Å²) >= 11 is 0. The number of anilines is 1. The van der Waals surface area contributed by atoms with Crippen LogP contribution in [0.4, 0.5) is 5.95 Å². The maximum absolute atomic E-state index is 10.4. The zero-order chi connectivity index (χ0) is 11.4. The minimum absolute atomic E-state index is 0.161. The number of nitrogens with zero attached hydrogens (tertiary/aromatic N) is 2. The largest absolute Gasteiger partial charge is 0.295 e. The Kier molecular flexibility index (Phi) is 12.4. The molecule has 0 aliphatic carbocycles. The lowest BCUT2D eigenvalue weighted by Crippen LogP contribution is -2.08. The van der Waals surface area contributed by atoms with Gasteiger partial charge in [-0.15, -0.1) is 0 Å². The smallest absolute Gasteiger partial charge is 0.229 e. The third kappa shape index (κ3) is 8.64. The maximum atomic E-state index is 10.4. The van der Waals surface area contributed by atoms with Crippen LogP contribution in [0.2, 0.25) is 0 Å². The molecule has 1 rings (SSSR count). The van der Waals surface area contributed by atoms with E-state index < -0.39 is 0 Å². The highest BCUT2D eigenvalue weighted by molar-refractivity contribution is 5.86. The van der Waals surface area contributed by atoms with E-state index in [1.54, 1.807) is 18.5 Å². The summed E-state index contributed by atoms with van der Waals surface area (Å²) in [7, 11) is 0. The number of rotatable bonds is 1. The monoisotopic (exact) mass is 197 g/mol. The Hall–Kier alpha value is -1.45. The Bertz CT molecular complexity index is 224. The number of carbonyl (C=O) groups excluding carboxylic acids is 1. The van der Waals surface area contributed by atoms with Crippen LogP contribution in [-0.2, 0) is 4.79 Å². The highest BCUT2D eigenvalue weighted by Crippen LogP contribution is 1.91. The molecular formula is C10H19N3O. The fourth-order valence-electron chi connectivity index (χ4n) is 0.521. The molecule has 1 N–H and O–H groups in total. The van der Waals surface area contributed by atoms with Gasteiger partial charge in [0, 0.05) is 19.3 Å². The quantitative estimate of drug-likeness (QED) is 0.752. The third-order valence-electron chi connectivity index (χ3n) is 0.854. The van der Waals surface area contributed by atoms with Crippen molar-refractivity contribution in [2.45, 2.75) is 34.6 Å². The molecule has 0 atom stereocenters. The second-order valence-electron chi connectivity index (χ2n) is 1.75. The average molecular weight is 197 g/mol. The van der Waals surface area contributed by atoms with Gasteiger partial charge in [-0.25, -0.2) is 9.97 Å². The first-order valence-electron chi connectivity index (χ1n) is 4.83. The van der Waals surface area contributed by atoms with Gasteiger partial charge >= 0.3 is 0 Å². The lowest BCUT2D eigenvalue weighted by Gasteiger charge is -1.95. The fourth-order valence-corrected chi connectivity index (χ4v) is 0.521. The first-order chi connectivity index (χ1) is 6.79. The number of hydrogen-bond donors (Lipinski definition) is 1. The standard InChI is InChI=1S/C6H7N3O.2C2H6/c1-5(10)9-6-7-3-2-4-8-6;2*1-2/h2-4H,1H3,(H,7,8,9,10);2*1-2H3. The van der Waals surface area contributed by atoms with E-state index in [1.807, 2.05) is 27.7 Å². The van der Waals surface area contributed by atoms with Gasteiger partial charge in [-0.05, 0) is 6.07 Å². The summed E-state index contributed by atoms with van der Waals surface area (Å²) in [5.74, 6) is 0.182. The van der Waals surface area contributed by atoms with E-state index in [1.165, 1.54) is 6.92 Å².